The topological polar surface area (TPSA) is 73.1 Å². The van der Waals surface area contributed by atoms with Gasteiger partial charge in [-0.3, -0.25) is 0 Å². The summed E-state index contributed by atoms with van der Waals surface area (Å²) in [5.74, 6) is -1.40. The number of carboxylic acid groups (broad SMARTS) is 1. The molecule has 0 atom stereocenters. The molecule has 0 aliphatic heterocycles. The smallest absolute Gasteiger partial charge is 0.335 e. The molecule has 0 saturated carbocycles. The summed E-state index contributed by atoms with van der Waals surface area (Å²) in [7, 11) is 0. The molecule has 0 heterocycles. The van der Waals surface area contributed by atoms with Gasteiger partial charge in [-0.25, -0.2) is 9.18 Å². The molecule has 0 aliphatic rings. The second kappa shape index (κ2) is 6.53. The van der Waals surface area contributed by atoms with Gasteiger partial charge in [0.2, 0.25) is 0 Å². The van der Waals surface area contributed by atoms with Gasteiger partial charge in [-0.05, 0) is 42.3 Å². The molecule has 0 radical (unpaired) electrons. The lowest BCUT2D eigenvalue weighted by Crippen LogP contribution is -2.06. The van der Waals surface area contributed by atoms with Gasteiger partial charge in [0.15, 0.2) is 0 Å². The summed E-state index contributed by atoms with van der Waals surface area (Å²) < 4.78 is 13.0. The van der Waals surface area contributed by atoms with Gasteiger partial charge in [0.25, 0.3) is 0 Å². The first-order valence-electron chi connectivity index (χ1n) is 6.36. The SMILES string of the molecule is N#Cc1cc(F)ccc1NCCc1ccc(C(=O)O)cc1. The minimum atomic E-state index is -0.954. The van der Waals surface area contributed by atoms with Crippen LogP contribution in [0.1, 0.15) is 21.5 Å². The molecule has 0 saturated heterocycles. The van der Waals surface area contributed by atoms with Crippen molar-refractivity contribution in [3.8, 4) is 6.07 Å². The Hall–Kier alpha value is -2.87. The minimum absolute atomic E-state index is 0.247. The maximum atomic E-state index is 13.0. The number of nitriles is 1. The number of carbonyl (C=O) groups is 1. The van der Waals surface area contributed by atoms with E-state index in [0.717, 1.165) is 5.56 Å². The van der Waals surface area contributed by atoms with E-state index in [1.807, 2.05) is 6.07 Å². The van der Waals surface area contributed by atoms with Gasteiger partial charge in [-0.1, -0.05) is 12.1 Å². The summed E-state index contributed by atoms with van der Waals surface area (Å²) in [5, 5.41) is 20.8. The quantitative estimate of drug-likeness (QED) is 0.885. The fourth-order valence-electron chi connectivity index (χ4n) is 1.92. The summed E-state index contributed by atoms with van der Waals surface area (Å²) in [6.45, 7) is 0.562. The summed E-state index contributed by atoms with van der Waals surface area (Å²) in [6.07, 6.45) is 0.669. The Morgan fingerprint density at radius 2 is 1.95 bits per heavy atom. The lowest BCUT2D eigenvalue weighted by atomic mass is 10.1. The molecule has 0 unspecified atom stereocenters. The molecule has 0 bridgehead atoms. The van der Waals surface area contributed by atoms with E-state index in [1.165, 1.54) is 18.2 Å². The number of carboxylic acids is 1. The number of anilines is 1. The van der Waals surface area contributed by atoms with Gasteiger partial charge in [0.05, 0.1) is 16.8 Å². The van der Waals surface area contributed by atoms with Crippen LogP contribution in [-0.4, -0.2) is 17.6 Å². The van der Waals surface area contributed by atoms with E-state index >= 15 is 0 Å². The number of halogens is 1. The Balaban J connectivity index is 1.95. The van der Waals surface area contributed by atoms with Crippen LogP contribution < -0.4 is 5.32 Å². The Bertz CT molecular complexity index is 690. The summed E-state index contributed by atoms with van der Waals surface area (Å²) in [5.41, 5.74) is 2.07. The molecule has 2 aromatic carbocycles. The zero-order chi connectivity index (χ0) is 15.2. The lowest BCUT2D eigenvalue weighted by Gasteiger charge is -2.08. The van der Waals surface area contributed by atoms with Crippen molar-refractivity contribution in [3.63, 3.8) is 0 Å². The Kier molecular flexibility index (Phi) is 4.52. The highest BCUT2D eigenvalue weighted by molar-refractivity contribution is 5.87. The van der Waals surface area contributed by atoms with E-state index < -0.39 is 11.8 Å². The number of hydrogen-bond donors (Lipinski definition) is 2. The molecule has 0 amide bonds. The van der Waals surface area contributed by atoms with E-state index in [0.29, 0.717) is 18.7 Å². The van der Waals surface area contributed by atoms with E-state index in [2.05, 4.69) is 5.32 Å². The Morgan fingerprint density at radius 3 is 2.57 bits per heavy atom. The maximum absolute atomic E-state index is 13.0. The second-order valence-electron chi connectivity index (χ2n) is 4.48. The number of rotatable bonds is 5. The lowest BCUT2D eigenvalue weighted by molar-refractivity contribution is 0.0697. The predicted octanol–water partition coefficient (Wildman–Crippen LogP) is 3.05. The molecule has 5 heteroatoms. The molecule has 106 valence electrons. The number of benzene rings is 2. The molecule has 4 nitrogen and oxygen atoms in total. The largest absolute Gasteiger partial charge is 0.478 e. The zero-order valence-corrected chi connectivity index (χ0v) is 11.1. The molecule has 2 aromatic rings. The molecule has 2 N–H and O–H groups in total. The first kappa shape index (κ1) is 14.5. The van der Waals surface area contributed by atoms with Crippen molar-refractivity contribution in [2.24, 2.45) is 0 Å². The van der Waals surface area contributed by atoms with Gasteiger partial charge >= 0.3 is 5.97 Å². The zero-order valence-electron chi connectivity index (χ0n) is 11.1. The van der Waals surface area contributed by atoms with Crippen LogP contribution in [0.25, 0.3) is 0 Å². The first-order chi connectivity index (χ1) is 10.1. The average Bonchev–Trinajstić information content (AvgIpc) is 2.49. The van der Waals surface area contributed by atoms with Crippen LogP contribution in [0.4, 0.5) is 10.1 Å². The second-order valence-corrected chi connectivity index (χ2v) is 4.48. The van der Waals surface area contributed by atoms with E-state index in [9.17, 15) is 9.18 Å². The standard InChI is InChI=1S/C16H13FN2O2/c17-14-5-6-15(13(9-14)10-18)19-8-7-11-1-3-12(4-2-11)16(20)21/h1-6,9,19H,7-8H2,(H,20,21). The first-order valence-corrected chi connectivity index (χ1v) is 6.36. The molecule has 0 aromatic heterocycles. The van der Waals surface area contributed by atoms with E-state index in [1.54, 1.807) is 24.3 Å². The summed E-state index contributed by atoms with van der Waals surface area (Å²) >= 11 is 0. The maximum Gasteiger partial charge on any atom is 0.335 e. The molecule has 0 spiro atoms. The van der Waals surface area contributed by atoms with Crippen LogP contribution in [0.5, 0.6) is 0 Å². The average molecular weight is 284 g/mol. The molecule has 0 fully saturated rings. The van der Waals surface area contributed by atoms with Crippen molar-refractivity contribution in [1.29, 1.82) is 5.26 Å². The third kappa shape index (κ3) is 3.80. The molecule has 21 heavy (non-hydrogen) atoms. The Morgan fingerprint density at radius 1 is 1.24 bits per heavy atom. The third-order valence-electron chi connectivity index (χ3n) is 3.03. The van der Waals surface area contributed by atoms with E-state index in [-0.39, 0.29) is 11.1 Å². The van der Waals surface area contributed by atoms with Crippen molar-refractivity contribution in [1.82, 2.24) is 0 Å². The van der Waals surface area contributed by atoms with Gasteiger partial charge in [-0.2, -0.15) is 5.26 Å². The third-order valence-corrected chi connectivity index (χ3v) is 3.03. The van der Waals surface area contributed by atoms with Crippen molar-refractivity contribution < 1.29 is 14.3 Å². The van der Waals surface area contributed by atoms with Crippen LogP contribution >= 0.6 is 0 Å². The van der Waals surface area contributed by atoms with Crippen LogP contribution in [0.15, 0.2) is 42.5 Å². The van der Waals surface area contributed by atoms with E-state index in [4.69, 9.17) is 10.4 Å². The van der Waals surface area contributed by atoms with Gasteiger partial charge in [0, 0.05) is 6.54 Å². The minimum Gasteiger partial charge on any atom is -0.478 e. The fourth-order valence-corrected chi connectivity index (χ4v) is 1.92. The number of nitrogens with one attached hydrogen (secondary N) is 1. The number of hydrogen-bond acceptors (Lipinski definition) is 3. The van der Waals surface area contributed by atoms with Crippen molar-refractivity contribution >= 4 is 11.7 Å². The van der Waals surface area contributed by atoms with Gasteiger partial charge in [0.1, 0.15) is 11.9 Å². The number of nitrogens with zero attached hydrogens (tertiary/aromatic N) is 1. The highest BCUT2D eigenvalue weighted by Gasteiger charge is 2.04. The van der Waals surface area contributed by atoms with Crippen molar-refractivity contribution in [2.75, 3.05) is 11.9 Å². The van der Waals surface area contributed by atoms with Crippen molar-refractivity contribution in [3.05, 3.63) is 65.0 Å². The molecular weight excluding hydrogens is 271 g/mol. The van der Waals surface area contributed by atoms with Crippen LogP contribution in [0, 0.1) is 17.1 Å². The van der Waals surface area contributed by atoms with Crippen LogP contribution in [-0.2, 0) is 6.42 Å². The van der Waals surface area contributed by atoms with Gasteiger partial charge < -0.3 is 10.4 Å². The fraction of sp³-hybridized carbons (Fsp3) is 0.125. The van der Waals surface area contributed by atoms with Crippen molar-refractivity contribution in [2.45, 2.75) is 6.42 Å². The monoisotopic (exact) mass is 284 g/mol. The van der Waals surface area contributed by atoms with Crippen LogP contribution in [0.2, 0.25) is 0 Å². The normalized spacial score (nSPS) is 9.90. The predicted molar refractivity (Wildman–Crippen MR) is 76.7 cm³/mol. The Labute approximate surface area is 121 Å². The highest BCUT2D eigenvalue weighted by Crippen LogP contribution is 2.16. The summed E-state index contributed by atoms with van der Waals surface area (Å²) in [4.78, 5) is 10.7. The van der Waals surface area contributed by atoms with Crippen LogP contribution in [0.3, 0.4) is 0 Å². The highest BCUT2D eigenvalue weighted by atomic mass is 19.1. The molecule has 0 aliphatic carbocycles. The van der Waals surface area contributed by atoms with Gasteiger partial charge in [-0.15, -0.1) is 0 Å². The molecular formula is C16H13FN2O2. The number of aromatic carboxylic acids is 1. The summed E-state index contributed by atoms with van der Waals surface area (Å²) in [6, 6.07) is 12.6. The molecule has 2 rings (SSSR count).